The van der Waals surface area contributed by atoms with Crippen molar-refractivity contribution in [2.24, 2.45) is 0 Å². The first-order valence-electron chi connectivity index (χ1n) is 7.93. The summed E-state index contributed by atoms with van der Waals surface area (Å²) in [7, 11) is -3.04. The molecule has 138 valence electrons. The Labute approximate surface area is 150 Å². The van der Waals surface area contributed by atoms with Gasteiger partial charge in [0.1, 0.15) is 12.6 Å². The number of nitrogens with zero attached hydrogens (tertiary/aromatic N) is 1. The third-order valence-electron chi connectivity index (χ3n) is 4.04. The number of hydrogen-bond donors (Lipinski definition) is 1. The molecule has 1 amide bonds. The Morgan fingerprint density at radius 2 is 2.00 bits per heavy atom. The number of nitrogens with one attached hydrogen (secondary N) is 1. The molecule has 1 fully saturated rings. The van der Waals surface area contributed by atoms with E-state index in [0.717, 1.165) is 16.3 Å². The summed E-state index contributed by atoms with van der Waals surface area (Å²) >= 11 is 0. The van der Waals surface area contributed by atoms with Crippen LogP contribution in [-0.4, -0.2) is 51.1 Å². The largest absolute Gasteiger partial charge is 0.468 e. The molecule has 1 saturated heterocycles. The summed E-state index contributed by atoms with van der Waals surface area (Å²) in [5.41, 5.74) is 0.755. The SMILES string of the molecule is COC(=O)[C@@H](Cc1ccc2ccccc2c1)NS(=O)(=O)N1CCOC1=O. The van der Waals surface area contributed by atoms with Crippen molar-refractivity contribution in [3.8, 4) is 0 Å². The van der Waals surface area contributed by atoms with E-state index in [1.165, 1.54) is 7.11 Å². The first-order chi connectivity index (χ1) is 12.4. The molecule has 0 spiro atoms. The molecule has 26 heavy (non-hydrogen) atoms. The Morgan fingerprint density at radius 1 is 1.27 bits per heavy atom. The lowest BCUT2D eigenvalue weighted by Crippen LogP contribution is -2.49. The predicted octanol–water partition coefficient (Wildman–Crippen LogP) is 1.21. The summed E-state index contributed by atoms with van der Waals surface area (Å²) in [6.07, 6.45) is -0.883. The molecule has 0 aliphatic carbocycles. The molecule has 1 heterocycles. The van der Waals surface area contributed by atoms with Crippen molar-refractivity contribution in [1.82, 2.24) is 9.03 Å². The number of cyclic esters (lactones) is 1. The number of ether oxygens (including phenoxy) is 2. The van der Waals surface area contributed by atoms with Crippen LogP contribution in [0.25, 0.3) is 10.8 Å². The molecule has 1 atom stereocenters. The predicted molar refractivity (Wildman–Crippen MR) is 93.6 cm³/mol. The molecule has 0 unspecified atom stereocenters. The van der Waals surface area contributed by atoms with E-state index < -0.39 is 28.3 Å². The summed E-state index contributed by atoms with van der Waals surface area (Å²) < 4.78 is 36.9. The van der Waals surface area contributed by atoms with Crippen LogP contribution in [0.2, 0.25) is 0 Å². The minimum atomic E-state index is -4.22. The topological polar surface area (TPSA) is 102 Å². The maximum atomic E-state index is 12.4. The highest BCUT2D eigenvalue weighted by Crippen LogP contribution is 2.18. The van der Waals surface area contributed by atoms with Gasteiger partial charge in [0.05, 0.1) is 13.7 Å². The van der Waals surface area contributed by atoms with Crippen molar-refractivity contribution in [2.75, 3.05) is 20.3 Å². The molecule has 0 radical (unpaired) electrons. The van der Waals surface area contributed by atoms with Crippen molar-refractivity contribution < 1.29 is 27.5 Å². The zero-order valence-corrected chi connectivity index (χ0v) is 14.9. The number of carbonyl (C=O) groups is 2. The molecule has 2 aromatic rings. The van der Waals surface area contributed by atoms with E-state index in [0.29, 0.717) is 4.31 Å². The average molecular weight is 378 g/mol. The minimum Gasteiger partial charge on any atom is -0.468 e. The Kier molecular flexibility index (Phi) is 5.10. The molecular weight excluding hydrogens is 360 g/mol. The minimum absolute atomic E-state index is 0.0205. The van der Waals surface area contributed by atoms with Crippen LogP contribution in [0, 0.1) is 0 Å². The van der Waals surface area contributed by atoms with Crippen molar-refractivity contribution in [3.63, 3.8) is 0 Å². The van der Waals surface area contributed by atoms with Gasteiger partial charge in [0.2, 0.25) is 0 Å². The summed E-state index contributed by atoms with van der Waals surface area (Å²) in [6, 6.07) is 12.1. The van der Waals surface area contributed by atoms with Crippen molar-refractivity contribution in [2.45, 2.75) is 12.5 Å². The fraction of sp³-hybridized carbons (Fsp3) is 0.294. The fourth-order valence-corrected chi connectivity index (χ4v) is 3.99. The standard InChI is InChI=1S/C17H18N2O6S/c1-24-16(20)15(18-26(22,23)19-8-9-25-17(19)21)11-12-6-7-13-4-2-3-5-14(13)10-12/h2-7,10,15,18H,8-9,11H2,1H3/t15-/m1/s1. The third kappa shape index (κ3) is 3.78. The van der Waals surface area contributed by atoms with E-state index in [1.54, 1.807) is 0 Å². The molecule has 9 heteroatoms. The molecule has 8 nitrogen and oxygen atoms in total. The molecule has 1 aliphatic rings. The van der Waals surface area contributed by atoms with Gasteiger partial charge in [-0.2, -0.15) is 17.4 Å². The molecule has 0 aromatic heterocycles. The Hall–Kier alpha value is -2.65. The lowest BCUT2D eigenvalue weighted by Gasteiger charge is -2.20. The van der Waals surface area contributed by atoms with Crippen LogP contribution in [0.15, 0.2) is 42.5 Å². The van der Waals surface area contributed by atoms with Gasteiger partial charge in [-0.25, -0.2) is 4.79 Å². The van der Waals surface area contributed by atoms with Crippen LogP contribution in [0.1, 0.15) is 5.56 Å². The van der Waals surface area contributed by atoms with Gasteiger partial charge in [0.15, 0.2) is 0 Å². The Bertz CT molecular complexity index is 943. The van der Waals surface area contributed by atoms with E-state index in [-0.39, 0.29) is 19.6 Å². The number of esters is 1. The number of hydrogen-bond acceptors (Lipinski definition) is 6. The molecule has 2 aromatic carbocycles. The number of methoxy groups -OCH3 is 1. The number of benzene rings is 2. The number of amides is 1. The maximum Gasteiger partial charge on any atom is 0.424 e. The van der Waals surface area contributed by atoms with Gasteiger partial charge in [-0.15, -0.1) is 0 Å². The molecule has 3 rings (SSSR count). The Morgan fingerprint density at radius 3 is 2.65 bits per heavy atom. The second-order valence-corrected chi connectivity index (χ2v) is 7.40. The summed E-state index contributed by atoms with van der Waals surface area (Å²) in [5.74, 6) is -0.741. The van der Waals surface area contributed by atoms with Crippen molar-refractivity contribution >= 4 is 33.0 Å². The number of fused-ring (bicyclic) bond motifs is 1. The third-order valence-corrected chi connectivity index (χ3v) is 5.54. The second-order valence-electron chi connectivity index (χ2n) is 5.77. The van der Waals surface area contributed by atoms with Crippen LogP contribution in [0.3, 0.4) is 0 Å². The smallest absolute Gasteiger partial charge is 0.424 e. The van der Waals surface area contributed by atoms with E-state index in [2.05, 4.69) is 9.46 Å². The summed E-state index contributed by atoms with van der Waals surface area (Å²) in [5, 5.41) is 2.01. The highest BCUT2D eigenvalue weighted by molar-refractivity contribution is 7.87. The van der Waals surface area contributed by atoms with E-state index >= 15 is 0 Å². The van der Waals surface area contributed by atoms with Crippen LogP contribution < -0.4 is 4.72 Å². The van der Waals surface area contributed by atoms with Gasteiger partial charge >= 0.3 is 22.3 Å². The van der Waals surface area contributed by atoms with E-state index in [4.69, 9.17) is 4.74 Å². The average Bonchev–Trinajstić information content (AvgIpc) is 3.07. The van der Waals surface area contributed by atoms with Gasteiger partial charge in [-0.3, -0.25) is 4.79 Å². The lowest BCUT2D eigenvalue weighted by molar-refractivity contribution is -0.142. The van der Waals surface area contributed by atoms with E-state index in [1.807, 2.05) is 42.5 Å². The summed E-state index contributed by atoms with van der Waals surface area (Å²) in [4.78, 5) is 23.6. The molecule has 1 aliphatic heterocycles. The quantitative estimate of drug-likeness (QED) is 0.758. The zero-order valence-electron chi connectivity index (χ0n) is 14.0. The normalized spacial score (nSPS) is 15.7. The van der Waals surface area contributed by atoms with E-state index in [9.17, 15) is 18.0 Å². The molecule has 0 saturated carbocycles. The molecule has 1 N–H and O–H groups in total. The molecule has 0 bridgehead atoms. The van der Waals surface area contributed by atoms with Gasteiger partial charge < -0.3 is 9.47 Å². The van der Waals surface area contributed by atoms with Crippen molar-refractivity contribution in [1.29, 1.82) is 0 Å². The van der Waals surface area contributed by atoms with Crippen LogP contribution in [-0.2, 0) is 30.9 Å². The first kappa shape index (κ1) is 18.2. The monoisotopic (exact) mass is 378 g/mol. The van der Waals surface area contributed by atoms with Gasteiger partial charge in [-0.05, 0) is 22.8 Å². The number of carbonyl (C=O) groups excluding carboxylic acids is 2. The van der Waals surface area contributed by atoms with Crippen molar-refractivity contribution in [3.05, 3.63) is 48.0 Å². The van der Waals surface area contributed by atoms with Crippen LogP contribution in [0.5, 0.6) is 0 Å². The van der Waals surface area contributed by atoms with Gasteiger partial charge in [0, 0.05) is 0 Å². The second kappa shape index (κ2) is 7.30. The van der Waals surface area contributed by atoms with Crippen LogP contribution >= 0.6 is 0 Å². The summed E-state index contributed by atoms with van der Waals surface area (Å²) in [6.45, 7) is -0.120. The highest BCUT2D eigenvalue weighted by atomic mass is 32.2. The fourth-order valence-electron chi connectivity index (χ4n) is 2.76. The van der Waals surface area contributed by atoms with Gasteiger partial charge in [0.25, 0.3) is 0 Å². The first-order valence-corrected chi connectivity index (χ1v) is 9.37. The zero-order chi connectivity index (χ0) is 18.7. The van der Waals surface area contributed by atoms with Gasteiger partial charge in [-0.1, -0.05) is 42.5 Å². The van der Waals surface area contributed by atoms with Crippen LogP contribution in [0.4, 0.5) is 4.79 Å². The highest BCUT2D eigenvalue weighted by Gasteiger charge is 2.36. The Balaban J connectivity index is 1.83. The number of rotatable bonds is 6. The lowest BCUT2D eigenvalue weighted by atomic mass is 10.0. The molecular formula is C17H18N2O6S. The maximum absolute atomic E-state index is 12.4.